The van der Waals surface area contributed by atoms with Crippen molar-refractivity contribution in [1.29, 1.82) is 0 Å². The number of amides is 1. The Hall–Kier alpha value is -2.14. The Kier molecular flexibility index (Phi) is 4.53. The summed E-state index contributed by atoms with van der Waals surface area (Å²) in [6.07, 6.45) is 2.72. The van der Waals surface area contributed by atoms with Crippen LogP contribution in [0.3, 0.4) is 0 Å². The normalized spacial score (nSPS) is 13.7. The molecule has 20 heavy (non-hydrogen) atoms. The van der Waals surface area contributed by atoms with Crippen molar-refractivity contribution in [3.8, 4) is 0 Å². The standard InChI is InChI=1S/C15H18N2O3/c1-15(19,9-7-12-5-3-2-4-6-12)11-16-14(18)13-8-10-17-20-13/h2-6,8,10,19H,7,9,11H2,1H3,(H,16,18). The number of aliphatic hydroxyl groups is 1. The van der Waals surface area contributed by atoms with Crippen LogP contribution in [0.25, 0.3) is 0 Å². The molecule has 2 rings (SSSR count). The predicted molar refractivity (Wildman–Crippen MR) is 74.2 cm³/mol. The Morgan fingerprint density at radius 3 is 2.75 bits per heavy atom. The van der Waals surface area contributed by atoms with Crippen molar-refractivity contribution < 1.29 is 14.4 Å². The number of carbonyl (C=O) groups excluding carboxylic acids is 1. The molecule has 1 atom stereocenters. The molecule has 106 valence electrons. The summed E-state index contributed by atoms with van der Waals surface area (Å²) >= 11 is 0. The van der Waals surface area contributed by atoms with Crippen molar-refractivity contribution in [3.63, 3.8) is 0 Å². The van der Waals surface area contributed by atoms with Crippen LogP contribution in [-0.2, 0) is 6.42 Å². The summed E-state index contributed by atoms with van der Waals surface area (Å²) in [4.78, 5) is 11.7. The lowest BCUT2D eigenvalue weighted by Gasteiger charge is -2.23. The van der Waals surface area contributed by atoms with Crippen molar-refractivity contribution in [2.75, 3.05) is 6.54 Å². The SMILES string of the molecule is CC(O)(CCc1ccccc1)CNC(=O)c1ccno1. The van der Waals surface area contributed by atoms with E-state index in [4.69, 9.17) is 4.52 Å². The summed E-state index contributed by atoms with van der Waals surface area (Å²) in [5, 5.41) is 16.4. The molecule has 1 aromatic carbocycles. The van der Waals surface area contributed by atoms with Gasteiger partial charge in [0.2, 0.25) is 5.76 Å². The first kappa shape index (κ1) is 14.3. The van der Waals surface area contributed by atoms with Gasteiger partial charge in [-0.3, -0.25) is 4.79 Å². The van der Waals surface area contributed by atoms with Gasteiger partial charge in [-0.25, -0.2) is 0 Å². The summed E-state index contributed by atoms with van der Waals surface area (Å²) in [7, 11) is 0. The minimum atomic E-state index is -0.967. The lowest BCUT2D eigenvalue weighted by Crippen LogP contribution is -2.40. The van der Waals surface area contributed by atoms with Crippen LogP contribution in [0.1, 0.15) is 29.5 Å². The van der Waals surface area contributed by atoms with Crippen molar-refractivity contribution >= 4 is 5.91 Å². The van der Waals surface area contributed by atoms with Gasteiger partial charge in [-0.2, -0.15) is 0 Å². The molecule has 0 aliphatic rings. The maximum atomic E-state index is 11.7. The van der Waals surface area contributed by atoms with E-state index in [1.54, 1.807) is 6.92 Å². The molecule has 0 fully saturated rings. The number of hydrogen-bond acceptors (Lipinski definition) is 4. The van der Waals surface area contributed by atoms with E-state index < -0.39 is 5.60 Å². The highest BCUT2D eigenvalue weighted by molar-refractivity contribution is 5.91. The first-order chi connectivity index (χ1) is 9.57. The number of rotatable bonds is 6. The van der Waals surface area contributed by atoms with E-state index >= 15 is 0 Å². The quantitative estimate of drug-likeness (QED) is 0.842. The maximum Gasteiger partial charge on any atom is 0.289 e. The first-order valence-corrected chi connectivity index (χ1v) is 6.52. The van der Waals surface area contributed by atoms with Crippen LogP contribution in [-0.4, -0.2) is 28.3 Å². The Labute approximate surface area is 117 Å². The molecular formula is C15H18N2O3. The summed E-state index contributed by atoms with van der Waals surface area (Å²) in [5.74, 6) is -0.230. The summed E-state index contributed by atoms with van der Waals surface area (Å²) in [5.41, 5.74) is 0.195. The molecule has 1 amide bonds. The van der Waals surface area contributed by atoms with E-state index in [9.17, 15) is 9.90 Å². The minimum absolute atomic E-state index is 0.142. The first-order valence-electron chi connectivity index (χ1n) is 6.52. The molecule has 0 aliphatic carbocycles. The molecule has 0 aliphatic heterocycles. The molecule has 1 unspecified atom stereocenters. The fourth-order valence-corrected chi connectivity index (χ4v) is 1.84. The van der Waals surface area contributed by atoms with E-state index in [2.05, 4.69) is 10.5 Å². The molecule has 0 spiro atoms. The molecule has 0 saturated carbocycles. The lowest BCUT2D eigenvalue weighted by molar-refractivity contribution is 0.0470. The van der Waals surface area contributed by atoms with E-state index in [0.29, 0.717) is 6.42 Å². The topological polar surface area (TPSA) is 75.4 Å². The highest BCUT2D eigenvalue weighted by atomic mass is 16.5. The molecule has 2 N–H and O–H groups in total. The maximum absolute atomic E-state index is 11.7. The fraction of sp³-hybridized carbons (Fsp3) is 0.333. The van der Waals surface area contributed by atoms with Gasteiger partial charge < -0.3 is 14.9 Å². The van der Waals surface area contributed by atoms with Gasteiger partial charge in [0, 0.05) is 12.6 Å². The average Bonchev–Trinajstić information content (AvgIpc) is 2.98. The molecule has 5 heteroatoms. The zero-order valence-corrected chi connectivity index (χ0v) is 11.4. The van der Waals surface area contributed by atoms with Crippen LogP contribution < -0.4 is 5.32 Å². The van der Waals surface area contributed by atoms with Gasteiger partial charge in [0.05, 0.1) is 11.8 Å². The Balaban J connectivity index is 1.80. The van der Waals surface area contributed by atoms with Gasteiger partial charge in [0.25, 0.3) is 5.91 Å². The lowest BCUT2D eigenvalue weighted by atomic mass is 9.97. The third-order valence-electron chi connectivity index (χ3n) is 3.09. The monoisotopic (exact) mass is 274 g/mol. The molecule has 1 heterocycles. The predicted octanol–water partition coefficient (Wildman–Crippen LogP) is 1.79. The fourth-order valence-electron chi connectivity index (χ4n) is 1.84. The third kappa shape index (κ3) is 4.20. The second kappa shape index (κ2) is 6.34. The molecule has 0 radical (unpaired) electrons. The highest BCUT2D eigenvalue weighted by Crippen LogP contribution is 2.13. The van der Waals surface area contributed by atoms with Crippen molar-refractivity contribution in [3.05, 3.63) is 53.9 Å². The van der Waals surface area contributed by atoms with Crippen LogP contribution in [0.2, 0.25) is 0 Å². The van der Waals surface area contributed by atoms with Gasteiger partial charge in [0.1, 0.15) is 0 Å². The van der Waals surface area contributed by atoms with Gasteiger partial charge in [0.15, 0.2) is 0 Å². The smallest absolute Gasteiger partial charge is 0.289 e. The van der Waals surface area contributed by atoms with E-state index in [1.807, 2.05) is 30.3 Å². The number of carbonyl (C=O) groups is 1. The molecule has 2 aromatic rings. The van der Waals surface area contributed by atoms with E-state index in [-0.39, 0.29) is 18.2 Å². The van der Waals surface area contributed by atoms with Crippen molar-refractivity contribution in [2.24, 2.45) is 0 Å². The number of aryl methyl sites for hydroxylation is 1. The largest absolute Gasteiger partial charge is 0.388 e. The molecular weight excluding hydrogens is 256 g/mol. The third-order valence-corrected chi connectivity index (χ3v) is 3.09. The Bertz CT molecular complexity index is 536. The van der Waals surface area contributed by atoms with Gasteiger partial charge in [-0.1, -0.05) is 35.5 Å². The van der Waals surface area contributed by atoms with Crippen LogP contribution in [0, 0.1) is 0 Å². The average molecular weight is 274 g/mol. The second-order valence-electron chi connectivity index (χ2n) is 5.04. The molecule has 1 aromatic heterocycles. The molecule has 5 nitrogen and oxygen atoms in total. The van der Waals surface area contributed by atoms with E-state index in [1.165, 1.54) is 12.3 Å². The van der Waals surface area contributed by atoms with Crippen LogP contribution in [0.4, 0.5) is 0 Å². The minimum Gasteiger partial charge on any atom is -0.388 e. The highest BCUT2D eigenvalue weighted by Gasteiger charge is 2.22. The molecule has 0 bridgehead atoms. The molecule has 0 saturated heterocycles. The van der Waals surface area contributed by atoms with Gasteiger partial charge >= 0.3 is 0 Å². The van der Waals surface area contributed by atoms with Gasteiger partial charge in [-0.05, 0) is 25.3 Å². The Morgan fingerprint density at radius 1 is 1.35 bits per heavy atom. The van der Waals surface area contributed by atoms with Crippen LogP contribution in [0.5, 0.6) is 0 Å². The van der Waals surface area contributed by atoms with Crippen LogP contribution in [0.15, 0.2) is 47.1 Å². The summed E-state index contributed by atoms with van der Waals surface area (Å²) < 4.78 is 4.75. The Morgan fingerprint density at radius 2 is 2.10 bits per heavy atom. The zero-order chi connectivity index (χ0) is 14.4. The number of aromatic nitrogens is 1. The second-order valence-corrected chi connectivity index (χ2v) is 5.04. The summed E-state index contributed by atoms with van der Waals surface area (Å²) in [6.45, 7) is 1.87. The van der Waals surface area contributed by atoms with Crippen molar-refractivity contribution in [2.45, 2.75) is 25.4 Å². The number of hydrogen-bond donors (Lipinski definition) is 2. The zero-order valence-electron chi connectivity index (χ0n) is 11.4. The van der Waals surface area contributed by atoms with Crippen LogP contribution >= 0.6 is 0 Å². The summed E-state index contributed by atoms with van der Waals surface area (Å²) in [6, 6.07) is 11.4. The van der Waals surface area contributed by atoms with E-state index in [0.717, 1.165) is 12.0 Å². The van der Waals surface area contributed by atoms with Crippen molar-refractivity contribution in [1.82, 2.24) is 10.5 Å². The van der Waals surface area contributed by atoms with Gasteiger partial charge in [-0.15, -0.1) is 0 Å². The number of nitrogens with zero attached hydrogens (tertiary/aromatic N) is 1. The number of nitrogens with one attached hydrogen (secondary N) is 1. The number of benzene rings is 1.